The number of hydrogen-bond donors (Lipinski definition) is 1. The Morgan fingerprint density at radius 2 is 1.96 bits per heavy atom. The Morgan fingerprint density at radius 3 is 2.65 bits per heavy atom. The first-order valence-electron chi connectivity index (χ1n) is 8.20. The molecule has 3 aromatic rings. The molecule has 0 radical (unpaired) electrons. The van der Waals surface area contributed by atoms with Crippen molar-refractivity contribution >= 4 is 52.6 Å². The normalized spacial score (nSPS) is 11.1. The quantitative estimate of drug-likeness (QED) is 0.303. The van der Waals surface area contributed by atoms with Gasteiger partial charge in [-0.1, -0.05) is 36.4 Å². The van der Waals surface area contributed by atoms with Gasteiger partial charge in [0, 0.05) is 36.5 Å². The van der Waals surface area contributed by atoms with E-state index < -0.39 is 0 Å². The maximum atomic E-state index is 4.72. The van der Waals surface area contributed by atoms with Crippen LogP contribution in [0.5, 0.6) is 0 Å². The molecule has 1 N–H and O–H groups in total. The fourth-order valence-electron chi connectivity index (χ4n) is 2.51. The van der Waals surface area contributed by atoms with Gasteiger partial charge >= 0.3 is 0 Å². The van der Waals surface area contributed by atoms with E-state index in [4.69, 9.17) is 4.98 Å². The molecule has 0 aliphatic rings. The topological polar surface area (TPSA) is 40.5 Å². The molecule has 26 heavy (non-hydrogen) atoms. The van der Waals surface area contributed by atoms with E-state index in [1.165, 1.54) is 4.88 Å². The molecular formula is C19H23IN4S2. The summed E-state index contributed by atoms with van der Waals surface area (Å²) in [6.07, 6.45) is 1.03. The molecule has 0 saturated carbocycles. The number of nitrogens with one attached hydrogen (secondary N) is 1. The second kappa shape index (κ2) is 10.6. The molecule has 0 aliphatic heterocycles. The van der Waals surface area contributed by atoms with Crippen molar-refractivity contribution < 1.29 is 0 Å². The number of thiophene rings is 1. The first-order valence-corrected chi connectivity index (χ1v) is 9.96. The molecule has 0 aliphatic carbocycles. The van der Waals surface area contributed by atoms with Crippen molar-refractivity contribution in [3.63, 3.8) is 0 Å². The Labute approximate surface area is 180 Å². The fraction of sp³-hybridized carbons (Fsp3) is 0.263. The van der Waals surface area contributed by atoms with Crippen molar-refractivity contribution in [1.82, 2.24) is 15.2 Å². The van der Waals surface area contributed by atoms with Crippen LogP contribution in [0.2, 0.25) is 0 Å². The SMILES string of the molecule is CN=C(NCc1nc(-c2ccccc2)cs1)N(C)CCc1cccs1.I. The minimum atomic E-state index is 0. The number of aliphatic imine (C=N–C) groups is 1. The van der Waals surface area contributed by atoms with Gasteiger partial charge in [-0.05, 0) is 17.9 Å². The summed E-state index contributed by atoms with van der Waals surface area (Å²) in [6.45, 7) is 1.63. The Balaban J connectivity index is 0.00000243. The maximum Gasteiger partial charge on any atom is 0.193 e. The minimum Gasteiger partial charge on any atom is -0.350 e. The highest BCUT2D eigenvalue weighted by atomic mass is 127. The van der Waals surface area contributed by atoms with E-state index in [9.17, 15) is 0 Å². The molecular weight excluding hydrogens is 475 g/mol. The largest absolute Gasteiger partial charge is 0.350 e. The third kappa shape index (κ3) is 5.78. The zero-order chi connectivity index (χ0) is 17.5. The molecule has 4 nitrogen and oxygen atoms in total. The van der Waals surface area contributed by atoms with Crippen molar-refractivity contribution in [2.75, 3.05) is 20.6 Å². The van der Waals surface area contributed by atoms with Gasteiger partial charge in [-0.2, -0.15) is 0 Å². The Morgan fingerprint density at radius 1 is 1.15 bits per heavy atom. The summed E-state index contributed by atoms with van der Waals surface area (Å²) in [6, 6.07) is 14.5. The van der Waals surface area contributed by atoms with Crippen molar-refractivity contribution in [3.8, 4) is 11.3 Å². The zero-order valence-electron chi connectivity index (χ0n) is 14.9. The van der Waals surface area contributed by atoms with Crippen molar-refractivity contribution in [2.45, 2.75) is 13.0 Å². The van der Waals surface area contributed by atoms with Crippen LogP contribution in [0.15, 0.2) is 58.2 Å². The lowest BCUT2D eigenvalue weighted by Gasteiger charge is -2.21. The lowest BCUT2D eigenvalue weighted by Crippen LogP contribution is -2.39. The van der Waals surface area contributed by atoms with Gasteiger partial charge in [0.1, 0.15) is 5.01 Å². The third-order valence-electron chi connectivity index (χ3n) is 3.87. The Hall–Kier alpha value is -1.45. The number of aromatic nitrogens is 1. The summed E-state index contributed by atoms with van der Waals surface area (Å²) in [7, 11) is 3.89. The molecule has 3 rings (SSSR count). The first-order chi connectivity index (χ1) is 12.3. The molecule has 2 heterocycles. The van der Waals surface area contributed by atoms with Gasteiger partial charge in [0.25, 0.3) is 0 Å². The van der Waals surface area contributed by atoms with E-state index in [0.717, 1.165) is 35.2 Å². The predicted octanol–water partition coefficient (Wildman–Crippen LogP) is 4.74. The molecule has 0 spiro atoms. The summed E-state index contributed by atoms with van der Waals surface area (Å²) in [4.78, 5) is 12.7. The van der Waals surface area contributed by atoms with Crippen LogP contribution in [0.1, 0.15) is 9.88 Å². The lowest BCUT2D eigenvalue weighted by atomic mass is 10.2. The molecule has 0 atom stereocenters. The number of rotatable bonds is 6. The highest BCUT2D eigenvalue weighted by Crippen LogP contribution is 2.21. The van der Waals surface area contributed by atoms with E-state index in [2.05, 4.69) is 57.3 Å². The average molecular weight is 498 g/mol. The van der Waals surface area contributed by atoms with Crippen LogP contribution >= 0.6 is 46.7 Å². The molecule has 0 saturated heterocycles. The monoisotopic (exact) mass is 498 g/mol. The number of likely N-dealkylation sites (N-methyl/N-ethyl adjacent to an activating group) is 1. The van der Waals surface area contributed by atoms with Gasteiger partial charge in [-0.3, -0.25) is 4.99 Å². The predicted molar refractivity (Wildman–Crippen MR) is 124 cm³/mol. The summed E-state index contributed by atoms with van der Waals surface area (Å²) in [5.74, 6) is 0.896. The van der Waals surface area contributed by atoms with E-state index in [1.54, 1.807) is 22.7 Å². The fourth-order valence-corrected chi connectivity index (χ4v) is 3.95. The molecule has 1 aromatic carbocycles. The zero-order valence-corrected chi connectivity index (χ0v) is 18.8. The highest BCUT2D eigenvalue weighted by molar-refractivity contribution is 14.0. The van der Waals surface area contributed by atoms with Gasteiger partial charge in [-0.25, -0.2) is 4.98 Å². The smallest absolute Gasteiger partial charge is 0.193 e. The van der Waals surface area contributed by atoms with Gasteiger partial charge in [-0.15, -0.1) is 46.7 Å². The molecule has 0 fully saturated rings. The number of halogens is 1. The summed E-state index contributed by atoms with van der Waals surface area (Å²) in [5, 5.41) is 8.70. The van der Waals surface area contributed by atoms with E-state index in [1.807, 2.05) is 25.2 Å². The van der Waals surface area contributed by atoms with Gasteiger partial charge in [0.05, 0.1) is 12.2 Å². The number of nitrogens with zero attached hydrogens (tertiary/aromatic N) is 3. The molecule has 0 amide bonds. The minimum absolute atomic E-state index is 0. The maximum absolute atomic E-state index is 4.72. The van der Waals surface area contributed by atoms with E-state index >= 15 is 0 Å². The van der Waals surface area contributed by atoms with Crippen LogP contribution in [-0.2, 0) is 13.0 Å². The standard InChI is InChI=1S/C19H22N4S2.HI/c1-20-19(23(2)11-10-16-9-6-12-24-16)21-13-18-22-17(14-25-18)15-7-4-3-5-8-15;/h3-9,12,14H,10-11,13H2,1-2H3,(H,20,21);1H. The molecule has 7 heteroatoms. The van der Waals surface area contributed by atoms with E-state index in [-0.39, 0.29) is 24.0 Å². The molecule has 2 aromatic heterocycles. The van der Waals surface area contributed by atoms with Gasteiger partial charge < -0.3 is 10.2 Å². The van der Waals surface area contributed by atoms with Crippen molar-refractivity contribution in [2.24, 2.45) is 4.99 Å². The molecule has 0 unspecified atom stereocenters. The second-order valence-electron chi connectivity index (χ2n) is 5.64. The Bertz CT molecular complexity index is 800. The summed E-state index contributed by atoms with van der Waals surface area (Å²) in [5.41, 5.74) is 2.19. The molecule has 0 bridgehead atoms. The van der Waals surface area contributed by atoms with Gasteiger partial charge in [0.2, 0.25) is 0 Å². The summed E-state index contributed by atoms with van der Waals surface area (Å²) < 4.78 is 0. The third-order valence-corrected chi connectivity index (χ3v) is 5.65. The van der Waals surface area contributed by atoms with Gasteiger partial charge in [0.15, 0.2) is 5.96 Å². The average Bonchev–Trinajstić information content (AvgIpc) is 3.33. The second-order valence-corrected chi connectivity index (χ2v) is 7.62. The number of thiazole rings is 1. The van der Waals surface area contributed by atoms with E-state index in [0.29, 0.717) is 6.54 Å². The molecule has 138 valence electrons. The summed E-state index contributed by atoms with van der Waals surface area (Å²) >= 11 is 3.47. The van der Waals surface area contributed by atoms with Crippen LogP contribution < -0.4 is 5.32 Å². The highest BCUT2D eigenvalue weighted by Gasteiger charge is 2.09. The lowest BCUT2D eigenvalue weighted by molar-refractivity contribution is 0.486. The van der Waals surface area contributed by atoms with Crippen LogP contribution in [0.4, 0.5) is 0 Å². The Kier molecular flexibility index (Phi) is 8.53. The van der Waals surface area contributed by atoms with Crippen LogP contribution in [0, 0.1) is 0 Å². The number of guanidine groups is 1. The van der Waals surface area contributed by atoms with Crippen LogP contribution in [0.3, 0.4) is 0 Å². The van der Waals surface area contributed by atoms with Crippen molar-refractivity contribution in [1.29, 1.82) is 0 Å². The number of hydrogen-bond acceptors (Lipinski definition) is 4. The van der Waals surface area contributed by atoms with Crippen LogP contribution in [0.25, 0.3) is 11.3 Å². The van der Waals surface area contributed by atoms with Crippen LogP contribution in [-0.4, -0.2) is 36.5 Å². The number of benzene rings is 1. The van der Waals surface area contributed by atoms with Crippen molar-refractivity contribution in [3.05, 3.63) is 63.1 Å². The first kappa shape index (κ1) is 20.9.